The summed E-state index contributed by atoms with van der Waals surface area (Å²) in [6.45, 7) is 2.41. The Hall–Kier alpha value is -2.90. The van der Waals surface area contributed by atoms with Crippen LogP contribution in [0, 0.1) is 0 Å². The van der Waals surface area contributed by atoms with Gasteiger partial charge in [-0.15, -0.1) is 0 Å². The molecule has 1 heterocycles. The molecule has 8 heteroatoms. The van der Waals surface area contributed by atoms with E-state index in [-0.39, 0.29) is 6.04 Å². The Labute approximate surface area is 150 Å². The summed E-state index contributed by atoms with van der Waals surface area (Å²) in [5.41, 5.74) is 0.646. The van der Waals surface area contributed by atoms with Crippen LogP contribution in [-0.4, -0.2) is 57.9 Å². The lowest BCUT2D eigenvalue weighted by Crippen LogP contribution is -2.48. The molecule has 1 atom stereocenters. The van der Waals surface area contributed by atoms with Crippen LogP contribution in [0.5, 0.6) is 0 Å². The molecule has 0 bridgehead atoms. The van der Waals surface area contributed by atoms with Gasteiger partial charge in [0, 0.05) is 6.04 Å². The highest BCUT2D eigenvalue weighted by atomic mass is 16.4. The third-order valence-electron chi connectivity index (χ3n) is 4.96. The number of fused-ring (bicyclic) bond motifs is 2. The SMILES string of the molecule is CC(C)N(CC(=O)O)C(=O)CN1C(=O)NC2(CCc3ccccc32)C1=O. The minimum atomic E-state index is -1.15. The van der Waals surface area contributed by atoms with Gasteiger partial charge in [-0.2, -0.15) is 0 Å². The number of urea groups is 1. The third kappa shape index (κ3) is 2.81. The fourth-order valence-electron chi connectivity index (χ4n) is 3.66. The molecule has 1 unspecified atom stereocenters. The van der Waals surface area contributed by atoms with E-state index in [4.69, 9.17) is 5.11 Å². The average Bonchev–Trinajstić information content (AvgIpc) is 3.06. The molecule has 0 radical (unpaired) electrons. The second-order valence-corrected chi connectivity index (χ2v) is 6.89. The van der Waals surface area contributed by atoms with Crippen LogP contribution < -0.4 is 5.32 Å². The number of aryl methyl sites for hydroxylation is 1. The molecule has 26 heavy (non-hydrogen) atoms. The molecule has 8 nitrogen and oxygen atoms in total. The molecule has 2 N–H and O–H groups in total. The number of carbonyl (C=O) groups is 4. The number of amides is 4. The summed E-state index contributed by atoms with van der Waals surface area (Å²) >= 11 is 0. The minimum Gasteiger partial charge on any atom is -0.480 e. The maximum absolute atomic E-state index is 13.0. The van der Waals surface area contributed by atoms with Gasteiger partial charge in [0.25, 0.3) is 5.91 Å². The maximum Gasteiger partial charge on any atom is 0.325 e. The van der Waals surface area contributed by atoms with Crippen molar-refractivity contribution in [3.05, 3.63) is 35.4 Å². The largest absolute Gasteiger partial charge is 0.480 e. The Morgan fingerprint density at radius 2 is 2.00 bits per heavy atom. The van der Waals surface area contributed by atoms with Gasteiger partial charge in [0.15, 0.2) is 0 Å². The molecular weight excluding hydrogens is 338 g/mol. The van der Waals surface area contributed by atoms with Crippen LogP contribution in [0.4, 0.5) is 4.79 Å². The number of carboxylic acids is 1. The van der Waals surface area contributed by atoms with Gasteiger partial charge < -0.3 is 15.3 Å². The van der Waals surface area contributed by atoms with Crippen molar-refractivity contribution >= 4 is 23.8 Å². The number of benzene rings is 1. The van der Waals surface area contributed by atoms with Gasteiger partial charge in [-0.3, -0.25) is 19.3 Å². The average molecular weight is 359 g/mol. The van der Waals surface area contributed by atoms with E-state index in [0.717, 1.165) is 20.9 Å². The molecule has 4 amide bonds. The number of hydrogen-bond donors (Lipinski definition) is 2. The molecule has 1 spiro atoms. The van der Waals surface area contributed by atoms with Crippen LogP contribution in [0.1, 0.15) is 31.4 Å². The Morgan fingerprint density at radius 3 is 2.65 bits per heavy atom. The standard InChI is InChI=1S/C18H21N3O5/c1-11(2)20(10-15(23)24)14(22)9-21-16(25)18(19-17(21)26)8-7-12-5-3-4-6-13(12)18/h3-6,11H,7-10H2,1-2H3,(H,19,26)(H,23,24). The van der Waals surface area contributed by atoms with Gasteiger partial charge in [-0.1, -0.05) is 24.3 Å². The van der Waals surface area contributed by atoms with Crippen LogP contribution in [-0.2, 0) is 26.3 Å². The first-order valence-corrected chi connectivity index (χ1v) is 8.50. The molecule has 0 saturated carbocycles. The maximum atomic E-state index is 13.0. The minimum absolute atomic E-state index is 0.361. The molecule has 1 aromatic carbocycles. The number of carboxylic acid groups (broad SMARTS) is 1. The van der Waals surface area contributed by atoms with E-state index in [1.807, 2.05) is 24.3 Å². The van der Waals surface area contributed by atoms with Crippen molar-refractivity contribution in [3.8, 4) is 0 Å². The van der Waals surface area contributed by atoms with Crippen LogP contribution in [0.3, 0.4) is 0 Å². The molecule has 138 valence electrons. The van der Waals surface area contributed by atoms with Crippen LogP contribution >= 0.6 is 0 Å². The Bertz CT molecular complexity index is 791. The van der Waals surface area contributed by atoms with Crippen LogP contribution in [0.15, 0.2) is 24.3 Å². The Morgan fingerprint density at radius 1 is 1.31 bits per heavy atom. The fourth-order valence-corrected chi connectivity index (χ4v) is 3.66. The second-order valence-electron chi connectivity index (χ2n) is 6.89. The van der Waals surface area contributed by atoms with E-state index >= 15 is 0 Å². The molecular formula is C18H21N3O5. The molecule has 0 aromatic heterocycles. The zero-order valence-corrected chi connectivity index (χ0v) is 14.7. The number of rotatable bonds is 5. The highest BCUT2D eigenvalue weighted by molar-refractivity contribution is 6.10. The monoisotopic (exact) mass is 359 g/mol. The second kappa shape index (κ2) is 6.44. The summed E-state index contributed by atoms with van der Waals surface area (Å²) in [5.74, 6) is -2.18. The van der Waals surface area contributed by atoms with Crippen molar-refractivity contribution in [2.45, 2.75) is 38.3 Å². The van der Waals surface area contributed by atoms with Gasteiger partial charge >= 0.3 is 12.0 Å². The number of hydrogen-bond acceptors (Lipinski definition) is 4. The predicted octanol–water partition coefficient (Wildman–Crippen LogP) is 0.702. The highest BCUT2D eigenvalue weighted by Gasteiger charge is 2.55. The summed E-state index contributed by atoms with van der Waals surface area (Å²) in [5, 5.41) is 11.7. The van der Waals surface area contributed by atoms with Crippen molar-refractivity contribution in [2.75, 3.05) is 13.1 Å². The Balaban J connectivity index is 1.82. The molecule has 2 aliphatic rings. The third-order valence-corrected chi connectivity index (χ3v) is 4.96. The number of carbonyl (C=O) groups excluding carboxylic acids is 3. The first kappa shape index (κ1) is 17.9. The van der Waals surface area contributed by atoms with Crippen molar-refractivity contribution < 1.29 is 24.3 Å². The molecule has 1 fully saturated rings. The topological polar surface area (TPSA) is 107 Å². The van der Waals surface area contributed by atoms with E-state index in [1.54, 1.807) is 13.8 Å². The first-order chi connectivity index (χ1) is 12.3. The molecule has 1 aliphatic heterocycles. The smallest absolute Gasteiger partial charge is 0.325 e. The number of nitrogens with one attached hydrogen (secondary N) is 1. The zero-order chi connectivity index (χ0) is 19.1. The fraction of sp³-hybridized carbons (Fsp3) is 0.444. The summed E-state index contributed by atoms with van der Waals surface area (Å²) in [6, 6.07) is 6.44. The van der Waals surface area contributed by atoms with Crippen LogP contribution in [0.25, 0.3) is 0 Å². The van der Waals surface area contributed by atoms with Gasteiger partial charge in [-0.05, 0) is 37.8 Å². The summed E-state index contributed by atoms with van der Waals surface area (Å²) in [7, 11) is 0. The summed E-state index contributed by atoms with van der Waals surface area (Å²) < 4.78 is 0. The van der Waals surface area contributed by atoms with Crippen molar-refractivity contribution in [3.63, 3.8) is 0 Å². The van der Waals surface area contributed by atoms with Gasteiger partial charge in [0.1, 0.15) is 18.6 Å². The van der Waals surface area contributed by atoms with Crippen molar-refractivity contribution in [2.24, 2.45) is 0 Å². The van der Waals surface area contributed by atoms with E-state index in [1.165, 1.54) is 0 Å². The van der Waals surface area contributed by atoms with Crippen molar-refractivity contribution in [1.29, 1.82) is 0 Å². The highest BCUT2D eigenvalue weighted by Crippen LogP contribution is 2.41. The van der Waals surface area contributed by atoms with E-state index in [0.29, 0.717) is 12.8 Å². The predicted molar refractivity (Wildman–Crippen MR) is 91.2 cm³/mol. The summed E-state index contributed by atoms with van der Waals surface area (Å²) in [4.78, 5) is 50.9. The Kier molecular flexibility index (Phi) is 4.43. The van der Waals surface area contributed by atoms with Gasteiger partial charge in [-0.25, -0.2) is 4.79 Å². The van der Waals surface area contributed by atoms with E-state index < -0.39 is 42.4 Å². The van der Waals surface area contributed by atoms with Gasteiger partial charge in [0.05, 0.1) is 0 Å². The van der Waals surface area contributed by atoms with E-state index in [9.17, 15) is 19.2 Å². The normalized spacial score (nSPS) is 21.3. The van der Waals surface area contributed by atoms with Crippen LogP contribution in [0.2, 0.25) is 0 Å². The zero-order valence-electron chi connectivity index (χ0n) is 14.7. The quantitative estimate of drug-likeness (QED) is 0.753. The molecule has 3 rings (SSSR count). The van der Waals surface area contributed by atoms with E-state index in [2.05, 4.69) is 5.32 Å². The number of nitrogens with zero attached hydrogens (tertiary/aromatic N) is 2. The lowest BCUT2D eigenvalue weighted by atomic mass is 9.92. The first-order valence-electron chi connectivity index (χ1n) is 8.50. The number of aliphatic carboxylic acids is 1. The number of imide groups is 1. The lowest BCUT2D eigenvalue weighted by Gasteiger charge is -2.27. The van der Waals surface area contributed by atoms with Crippen molar-refractivity contribution in [1.82, 2.24) is 15.1 Å². The molecule has 1 aromatic rings. The lowest BCUT2D eigenvalue weighted by molar-refractivity contribution is -0.147. The molecule has 1 saturated heterocycles. The molecule has 1 aliphatic carbocycles. The van der Waals surface area contributed by atoms with Gasteiger partial charge in [0.2, 0.25) is 5.91 Å². The summed E-state index contributed by atoms with van der Waals surface area (Å²) in [6.07, 6.45) is 1.12.